The summed E-state index contributed by atoms with van der Waals surface area (Å²) in [4.78, 5) is 14.3. The maximum atomic E-state index is 12.9. The van der Waals surface area contributed by atoms with Crippen molar-refractivity contribution in [3.8, 4) is 11.8 Å². The third-order valence-electron chi connectivity index (χ3n) is 4.30. The molecule has 152 valence electrons. The second-order valence-corrected chi connectivity index (χ2v) is 7.56. The van der Waals surface area contributed by atoms with E-state index >= 15 is 0 Å². The summed E-state index contributed by atoms with van der Waals surface area (Å²) in [6.07, 6.45) is 1.53. The Morgan fingerprint density at radius 1 is 0.967 bits per heavy atom. The van der Waals surface area contributed by atoms with Crippen molar-refractivity contribution in [2.75, 3.05) is 13.2 Å². The van der Waals surface area contributed by atoms with E-state index in [-0.39, 0.29) is 11.7 Å². The number of unbranched alkanes of at least 4 members (excludes halogenated alkanes) is 1. The van der Waals surface area contributed by atoms with Crippen molar-refractivity contribution in [2.24, 2.45) is 0 Å². The Balaban J connectivity index is 1.48. The summed E-state index contributed by atoms with van der Waals surface area (Å²) in [5.74, 6) is 0.190. The van der Waals surface area contributed by atoms with Crippen molar-refractivity contribution >= 4 is 17.7 Å². The lowest BCUT2D eigenvalue weighted by Gasteiger charge is -2.11. The first-order valence-electron chi connectivity index (χ1n) is 9.60. The third kappa shape index (κ3) is 6.10. The average Bonchev–Trinajstić information content (AvgIpc) is 2.78. The number of carbonyl (C=O) groups excluding carboxylic acids is 1. The Hall–Kier alpha value is -3.30. The van der Waals surface area contributed by atoms with E-state index in [1.807, 2.05) is 36.4 Å². The van der Waals surface area contributed by atoms with Crippen LogP contribution in [-0.2, 0) is 0 Å². The van der Waals surface area contributed by atoms with Gasteiger partial charge in [0.1, 0.15) is 17.6 Å². The fraction of sp³-hybridized carbons (Fsp3) is 0.167. The van der Waals surface area contributed by atoms with Crippen LogP contribution in [0.15, 0.2) is 82.6 Å². The zero-order chi connectivity index (χ0) is 21.2. The fourth-order valence-corrected chi connectivity index (χ4v) is 3.78. The van der Waals surface area contributed by atoms with Crippen LogP contribution in [-0.4, -0.2) is 19.1 Å². The number of nitrogens with one attached hydrogen (secondary N) is 1. The van der Waals surface area contributed by atoms with Gasteiger partial charge in [-0.2, -0.15) is 5.26 Å². The smallest absolute Gasteiger partial charge is 0.252 e. The summed E-state index contributed by atoms with van der Waals surface area (Å²) in [6.45, 7) is 1.03. The van der Waals surface area contributed by atoms with Gasteiger partial charge in [-0.1, -0.05) is 36.0 Å². The topological polar surface area (TPSA) is 62.1 Å². The molecule has 0 aromatic heterocycles. The van der Waals surface area contributed by atoms with Crippen molar-refractivity contribution in [1.82, 2.24) is 5.32 Å². The number of carbonyl (C=O) groups is 1. The lowest BCUT2D eigenvalue weighted by atomic mass is 10.2. The Morgan fingerprint density at radius 2 is 1.67 bits per heavy atom. The lowest BCUT2D eigenvalue weighted by molar-refractivity contribution is 0.0949. The summed E-state index contributed by atoms with van der Waals surface area (Å²) < 4.78 is 18.4. The molecule has 4 nitrogen and oxygen atoms in total. The first-order chi connectivity index (χ1) is 14.7. The van der Waals surface area contributed by atoms with E-state index in [1.165, 1.54) is 23.9 Å². The van der Waals surface area contributed by atoms with Gasteiger partial charge in [-0.3, -0.25) is 4.79 Å². The zero-order valence-electron chi connectivity index (χ0n) is 16.3. The number of nitrogens with zero attached hydrogens (tertiary/aromatic N) is 1. The monoisotopic (exact) mass is 420 g/mol. The van der Waals surface area contributed by atoms with E-state index < -0.39 is 0 Å². The average molecular weight is 421 g/mol. The number of hydrogen-bond acceptors (Lipinski definition) is 4. The lowest BCUT2D eigenvalue weighted by Crippen LogP contribution is -2.25. The second-order valence-electron chi connectivity index (χ2n) is 6.47. The highest BCUT2D eigenvalue weighted by atomic mass is 32.2. The van der Waals surface area contributed by atoms with E-state index in [1.54, 1.807) is 24.3 Å². The summed E-state index contributed by atoms with van der Waals surface area (Å²) in [7, 11) is 0. The van der Waals surface area contributed by atoms with Gasteiger partial charge >= 0.3 is 0 Å². The molecule has 0 fully saturated rings. The summed E-state index contributed by atoms with van der Waals surface area (Å²) in [5.41, 5.74) is 1.16. The Morgan fingerprint density at radius 3 is 2.43 bits per heavy atom. The molecule has 3 rings (SSSR count). The minimum absolute atomic E-state index is 0.146. The molecule has 0 saturated heterocycles. The van der Waals surface area contributed by atoms with Crippen molar-refractivity contribution in [3.05, 3.63) is 89.7 Å². The normalized spacial score (nSPS) is 10.3. The van der Waals surface area contributed by atoms with Crippen molar-refractivity contribution in [2.45, 2.75) is 22.6 Å². The maximum absolute atomic E-state index is 12.9. The standard InChI is InChI=1S/C24H21FN2O2S/c25-19-11-13-20(14-12-19)29-16-6-5-15-27-24(28)21-8-2-4-10-23(21)30-22-9-3-1-7-18(22)17-26/h1-4,7-14H,5-6,15-16H2,(H,27,28). The first-order valence-corrected chi connectivity index (χ1v) is 10.4. The molecule has 1 N–H and O–H groups in total. The molecule has 6 heteroatoms. The molecule has 1 amide bonds. The molecular weight excluding hydrogens is 399 g/mol. The van der Waals surface area contributed by atoms with Crippen LogP contribution in [0, 0.1) is 17.1 Å². The highest BCUT2D eigenvalue weighted by Crippen LogP contribution is 2.32. The van der Waals surface area contributed by atoms with Gasteiger partial charge in [0.25, 0.3) is 5.91 Å². The van der Waals surface area contributed by atoms with Gasteiger partial charge in [0.05, 0.1) is 17.7 Å². The van der Waals surface area contributed by atoms with Gasteiger partial charge in [-0.25, -0.2) is 4.39 Å². The van der Waals surface area contributed by atoms with Crippen LogP contribution in [0.4, 0.5) is 4.39 Å². The van der Waals surface area contributed by atoms with E-state index in [0.29, 0.717) is 30.0 Å². The molecule has 0 aliphatic rings. The quantitative estimate of drug-likeness (QED) is 0.469. The maximum Gasteiger partial charge on any atom is 0.252 e. The number of hydrogen-bond donors (Lipinski definition) is 1. The van der Waals surface area contributed by atoms with Crippen LogP contribution in [0.25, 0.3) is 0 Å². The first kappa shape index (κ1) is 21.4. The minimum atomic E-state index is -0.292. The van der Waals surface area contributed by atoms with Crippen LogP contribution >= 0.6 is 11.8 Å². The van der Waals surface area contributed by atoms with Crippen LogP contribution < -0.4 is 10.1 Å². The van der Waals surface area contributed by atoms with Gasteiger partial charge in [0, 0.05) is 16.3 Å². The molecule has 0 spiro atoms. The van der Waals surface area contributed by atoms with Crippen molar-refractivity contribution in [3.63, 3.8) is 0 Å². The third-order valence-corrected chi connectivity index (χ3v) is 5.45. The van der Waals surface area contributed by atoms with E-state index in [0.717, 1.165) is 22.6 Å². The number of amides is 1. The Bertz CT molecular complexity index is 1030. The van der Waals surface area contributed by atoms with Crippen LogP contribution in [0.2, 0.25) is 0 Å². The molecule has 3 aromatic carbocycles. The predicted octanol–water partition coefficient (Wildman–Crippen LogP) is 5.44. The molecular formula is C24H21FN2O2S. The molecule has 0 aliphatic heterocycles. The van der Waals surface area contributed by atoms with Gasteiger partial charge in [-0.05, 0) is 61.4 Å². The van der Waals surface area contributed by atoms with Crippen LogP contribution in [0.1, 0.15) is 28.8 Å². The molecule has 30 heavy (non-hydrogen) atoms. The second kappa shape index (κ2) is 11.0. The molecule has 0 saturated carbocycles. The van der Waals surface area contributed by atoms with Crippen molar-refractivity contribution in [1.29, 1.82) is 5.26 Å². The number of ether oxygens (including phenoxy) is 1. The number of benzene rings is 3. The largest absolute Gasteiger partial charge is 0.494 e. The molecule has 0 heterocycles. The SMILES string of the molecule is N#Cc1ccccc1Sc1ccccc1C(=O)NCCCCOc1ccc(F)cc1. The molecule has 0 radical (unpaired) electrons. The molecule has 0 unspecified atom stereocenters. The van der Waals surface area contributed by atoms with E-state index in [9.17, 15) is 14.4 Å². The minimum Gasteiger partial charge on any atom is -0.494 e. The van der Waals surface area contributed by atoms with E-state index in [4.69, 9.17) is 4.74 Å². The van der Waals surface area contributed by atoms with Gasteiger partial charge in [0.2, 0.25) is 0 Å². The number of halogens is 1. The number of rotatable bonds is 9. The van der Waals surface area contributed by atoms with Gasteiger partial charge in [0.15, 0.2) is 0 Å². The predicted molar refractivity (Wildman–Crippen MR) is 115 cm³/mol. The summed E-state index contributed by atoms with van der Waals surface area (Å²) >= 11 is 1.41. The van der Waals surface area contributed by atoms with Crippen LogP contribution in [0.5, 0.6) is 5.75 Å². The molecule has 3 aromatic rings. The van der Waals surface area contributed by atoms with E-state index in [2.05, 4.69) is 11.4 Å². The molecule has 0 bridgehead atoms. The summed E-state index contributed by atoms with van der Waals surface area (Å²) in [5, 5.41) is 12.2. The molecule has 0 atom stereocenters. The highest BCUT2D eigenvalue weighted by molar-refractivity contribution is 7.99. The van der Waals surface area contributed by atoms with Gasteiger partial charge < -0.3 is 10.1 Å². The number of nitriles is 1. The zero-order valence-corrected chi connectivity index (χ0v) is 17.1. The van der Waals surface area contributed by atoms with Crippen LogP contribution in [0.3, 0.4) is 0 Å². The van der Waals surface area contributed by atoms with Gasteiger partial charge in [-0.15, -0.1) is 0 Å². The highest BCUT2D eigenvalue weighted by Gasteiger charge is 2.13. The summed E-state index contributed by atoms with van der Waals surface area (Å²) in [6, 6.07) is 22.8. The fourth-order valence-electron chi connectivity index (χ4n) is 2.75. The molecule has 0 aliphatic carbocycles. The Kier molecular flexibility index (Phi) is 7.87. The van der Waals surface area contributed by atoms with Crippen molar-refractivity contribution < 1.29 is 13.9 Å². The Labute approximate surface area is 179 Å².